The third-order valence-corrected chi connectivity index (χ3v) is 4.08. The fourth-order valence-electron chi connectivity index (χ4n) is 2.38. The highest BCUT2D eigenvalue weighted by molar-refractivity contribution is 5.93. The summed E-state index contributed by atoms with van der Waals surface area (Å²) >= 11 is 0. The first-order valence-electron chi connectivity index (χ1n) is 8.43. The number of amides is 2. The number of rotatable bonds is 7. The van der Waals surface area contributed by atoms with Crippen molar-refractivity contribution in [2.75, 3.05) is 11.9 Å². The molecule has 3 rings (SSSR count). The second-order valence-electron chi connectivity index (χ2n) is 6.15. The topological polar surface area (TPSA) is 100 Å². The summed E-state index contributed by atoms with van der Waals surface area (Å²) in [7, 11) is 0. The van der Waals surface area contributed by atoms with Crippen LogP contribution in [0.3, 0.4) is 0 Å². The van der Waals surface area contributed by atoms with Gasteiger partial charge < -0.3 is 20.3 Å². The number of nitrogens with one attached hydrogen (secondary N) is 2. The van der Waals surface area contributed by atoms with Gasteiger partial charge in [0, 0.05) is 12.5 Å². The molecule has 1 aromatic carbocycles. The predicted octanol–water partition coefficient (Wildman–Crippen LogP) is 3.04. The van der Waals surface area contributed by atoms with Crippen LogP contribution in [0.2, 0.25) is 0 Å². The Labute approximate surface area is 144 Å². The first-order valence-corrected chi connectivity index (χ1v) is 8.43. The zero-order chi connectivity index (χ0) is 17.8. The van der Waals surface area contributed by atoms with E-state index >= 15 is 0 Å². The quantitative estimate of drug-likeness (QED) is 0.714. The van der Waals surface area contributed by atoms with Gasteiger partial charge in [0.2, 0.25) is 0 Å². The largest absolute Gasteiger partial charge is 0.393 e. The van der Waals surface area contributed by atoms with Gasteiger partial charge in [0.15, 0.2) is 5.82 Å². The van der Waals surface area contributed by atoms with Crippen molar-refractivity contribution in [3.63, 3.8) is 0 Å². The van der Waals surface area contributed by atoms with Crippen LogP contribution in [-0.2, 0) is 0 Å². The fourth-order valence-corrected chi connectivity index (χ4v) is 2.38. The predicted molar refractivity (Wildman–Crippen MR) is 89.6 cm³/mol. The smallest absolute Gasteiger partial charge is 0.319 e. The van der Waals surface area contributed by atoms with E-state index in [0.29, 0.717) is 42.4 Å². The van der Waals surface area contributed by atoms with E-state index in [9.17, 15) is 14.3 Å². The number of nitrogens with zero attached hydrogens (tertiary/aromatic N) is 2. The summed E-state index contributed by atoms with van der Waals surface area (Å²) in [6, 6.07) is 3.50. The lowest BCUT2D eigenvalue weighted by Gasteiger charge is -2.11. The number of carbonyl (C=O) groups excluding carboxylic acids is 1. The number of hydrogen-bond donors (Lipinski definition) is 3. The zero-order valence-electron chi connectivity index (χ0n) is 14.0. The highest BCUT2D eigenvalue weighted by Gasteiger charge is 2.29. The second-order valence-corrected chi connectivity index (χ2v) is 6.15. The molecule has 134 valence electrons. The maximum absolute atomic E-state index is 13.6. The molecule has 1 aliphatic carbocycles. The molecule has 1 heterocycles. The van der Waals surface area contributed by atoms with Gasteiger partial charge >= 0.3 is 6.03 Å². The van der Waals surface area contributed by atoms with Gasteiger partial charge in [-0.05, 0) is 43.9 Å². The van der Waals surface area contributed by atoms with Gasteiger partial charge in [-0.2, -0.15) is 4.98 Å². The Morgan fingerprint density at radius 3 is 3.00 bits per heavy atom. The second kappa shape index (κ2) is 7.60. The molecule has 0 radical (unpaired) electrons. The number of aliphatic hydroxyl groups is 1. The molecule has 0 aliphatic heterocycles. The van der Waals surface area contributed by atoms with Crippen LogP contribution in [0.15, 0.2) is 22.7 Å². The van der Waals surface area contributed by atoms with E-state index in [2.05, 4.69) is 20.8 Å². The molecule has 1 aromatic heterocycles. The number of aromatic nitrogens is 2. The Morgan fingerprint density at radius 1 is 1.48 bits per heavy atom. The van der Waals surface area contributed by atoms with Gasteiger partial charge in [-0.3, -0.25) is 0 Å². The molecule has 7 nitrogen and oxygen atoms in total. The summed E-state index contributed by atoms with van der Waals surface area (Å²) in [5.74, 6) is 0.648. The molecule has 0 bridgehead atoms. The van der Waals surface area contributed by atoms with Crippen LogP contribution in [0.25, 0.3) is 11.5 Å². The first kappa shape index (κ1) is 17.3. The minimum absolute atomic E-state index is 0.179. The lowest BCUT2D eigenvalue weighted by molar-refractivity contribution is 0.160. The Balaban J connectivity index is 1.69. The van der Waals surface area contributed by atoms with E-state index in [0.717, 1.165) is 12.8 Å². The average Bonchev–Trinajstić information content (AvgIpc) is 3.33. The summed E-state index contributed by atoms with van der Waals surface area (Å²) in [6.07, 6.45) is 2.71. The van der Waals surface area contributed by atoms with Gasteiger partial charge in [0.1, 0.15) is 5.82 Å². The van der Waals surface area contributed by atoms with Crippen LogP contribution in [0.4, 0.5) is 14.9 Å². The number of hydrogen-bond acceptors (Lipinski definition) is 5. The van der Waals surface area contributed by atoms with Crippen molar-refractivity contribution in [2.24, 2.45) is 0 Å². The van der Waals surface area contributed by atoms with Crippen LogP contribution in [0.5, 0.6) is 0 Å². The average molecular weight is 348 g/mol. The van der Waals surface area contributed by atoms with Crippen LogP contribution < -0.4 is 10.6 Å². The number of aliphatic hydroxyl groups excluding tert-OH is 1. The monoisotopic (exact) mass is 348 g/mol. The molecule has 8 heteroatoms. The molecule has 3 N–H and O–H groups in total. The highest BCUT2D eigenvalue weighted by Crippen LogP contribution is 2.39. The Hall–Kier alpha value is -2.48. The van der Waals surface area contributed by atoms with Crippen molar-refractivity contribution in [3.05, 3.63) is 29.8 Å². The van der Waals surface area contributed by atoms with E-state index in [1.165, 1.54) is 18.2 Å². The van der Waals surface area contributed by atoms with E-state index in [-0.39, 0.29) is 5.89 Å². The number of halogens is 1. The van der Waals surface area contributed by atoms with Crippen LogP contribution >= 0.6 is 0 Å². The number of anilines is 1. The van der Waals surface area contributed by atoms with Gasteiger partial charge in [-0.1, -0.05) is 12.1 Å². The highest BCUT2D eigenvalue weighted by atomic mass is 19.1. The SMILES string of the molecule is CCC(O)CCNC(=O)Nc1ccc(F)cc1-c1nc(C2CC2)no1. The molecule has 1 aliphatic rings. The van der Waals surface area contributed by atoms with Crippen LogP contribution in [0, 0.1) is 5.82 Å². The third kappa shape index (κ3) is 4.54. The molecule has 25 heavy (non-hydrogen) atoms. The van der Waals surface area contributed by atoms with E-state index in [4.69, 9.17) is 4.52 Å². The lowest BCUT2D eigenvalue weighted by atomic mass is 10.1. The lowest BCUT2D eigenvalue weighted by Crippen LogP contribution is -2.31. The summed E-state index contributed by atoms with van der Waals surface area (Å²) in [4.78, 5) is 16.3. The third-order valence-electron chi connectivity index (χ3n) is 4.08. The van der Waals surface area contributed by atoms with E-state index in [1.54, 1.807) is 0 Å². The molecule has 1 unspecified atom stereocenters. The number of carbonyl (C=O) groups is 1. The molecule has 0 spiro atoms. The van der Waals surface area contributed by atoms with Crippen molar-refractivity contribution >= 4 is 11.7 Å². The normalized spacial score (nSPS) is 15.0. The van der Waals surface area contributed by atoms with Crippen molar-refractivity contribution in [1.82, 2.24) is 15.5 Å². The molecule has 1 saturated carbocycles. The van der Waals surface area contributed by atoms with Crippen molar-refractivity contribution in [3.8, 4) is 11.5 Å². The first-order chi connectivity index (χ1) is 12.1. The number of benzene rings is 1. The molecule has 0 saturated heterocycles. The molecular weight excluding hydrogens is 327 g/mol. The van der Waals surface area contributed by atoms with Gasteiger partial charge in [-0.25, -0.2) is 9.18 Å². The van der Waals surface area contributed by atoms with Crippen LogP contribution in [0.1, 0.15) is 44.3 Å². The molecule has 2 amide bonds. The van der Waals surface area contributed by atoms with Gasteiger partial charge in [0.25, 0.3) is 5.89 Å². The summed E-state index contributed by atoms with van der Waals surface area (Å²) < 4.78 is 18.9. The van der Waals surface area contributed by atoms with Crippen molar-refractivity contribution in [1.29, 1.82) is 0 Å². The fraction of sp³-hybridized carbons (Fsp3) is 0.471. The maximum atomic E-state index is 13.6. The van der Waals surface area contributed by atoms with Crippen molar-refractivity contribution in [2.45, 2.75) is 44.6 Å². The minimum Gasteiger partial charge on any atom is -0.393 e. The number of urea groups is 1. The van der Waals surface area contributed by atoms with Crippen molar-refractivity contribution < 1.29 is 18.8 Å². The minimum atomic E-state index is -0.460. The van der Waals surface area contributed by atoms with Gasteiger partial charge in [-0.15, -0.1) is 0 Å². The molecule has 2 aromatic rings. The Kier molecular flexibility index (Phi) is 5.28. The molecular formula is C17H21FN4O3. The van der Waals surface area contributed by atoms with E-state index in [1.807, 2.05) is 6.92 Å². The summed E-state index contributed by atoms with van der Waals surface area (Å²) in [5.41, 5.74) is 0.712. The molecule has 1 atom stereocenters. The Bertz CT molecular complexity index is 745. The molecule has 1 fully saturated rings. The Morgan fingerprint density at radius 2 is 2.28 bits per heavy atom. The standard InChI is InChI=1S/C17H21FN4O3/c1-2-12(23)7-8-19-17(24)20-14-6-5-11(18)9-13(14)16-21-15(22-25-16)10-3-4-10/h5-6,9-10,12,23H,2-4,7-8H2,1H3,(H2,19,20,24). The maximum Gasteiger partial charge on any atom is 0.319 e. The van der Waals surface area contributed by atoms with Gasteiger partial charge in [0.05, 0.1) is 17.4 Å². The summed E-state index contributed by atoms with van der Waals surface area (Å²) in [5, 5.41) is 18.7. The van der Waals surface area contributed by atoms with Crippen LogP contribution in [-0.4, -0.2) is 33.9 Å². The summed E-state index contributed by atoms with van der Waals surface area (Å²) in [6.45, 7) is 2.21. The zero-order valence-corrected chi connectivity index (χ0v) is 14.0. The van der Waals surface area contributed by atoms with E-state index < -0.39 is 18.0 Å².